The monoisotopic (exact) mass is 306 g/mol. The summed E-state index contributed by atoms with van der Waals surface area (Å²) in [6.07, 6.45) is 2.14. The first-order valence-electron chi connectivity index (χ1n) is 7.31. The van der Waals surface area contributed by atoms with Gasteiger partial charge in [0.15, 0.2) is 0 Å². The van der Waals surface area contributed by atoms with Crippen molar-refractivity contribution >= 4 is 23.6 Å². The topological polar surface area (TPSA) is 49.4 Å². The summed E-state index contributed by atoms with van der Waals surface area (Å²) in [7, 11) is 0. The van der Waals surface area contributed by atoms with E-state index in [1.54, 1.807) is 0 Å². The Hall–Kier alpha value is -1.49. The predicted molar refractivity (Wildman–Crippen MR) is 85.5 cm³/mol. The Labute approximate surface area is 130 Å². The molecule has 0 aliphatic carbocycles. The first-order chi connectivity index (χ1) is 10.1. The van der Waals surface area contributed by atoms with E-state index in [0.717, 1.165) is 30.8 Å². The van der Waals surface area contributed by atoms with Gasteiger partial charge in [-0.15, -0.1) is 11.8 Å². The van der Waals surface area contributed by atoms with Gasteiger partial charge >= 0.3 is 0 Å². The van der Waals surface area contributed by atoms with Gasteiger partial charge in [-0.25, -0.2) is 0 Å². The number of benzene rings is 1. The largest absolute Gasteiger partial charge is 0.346 e. The molecular formula is C16H22N2O2S. The van der Waals surface area contributed by atoms with E-state index in [2.05, 4.69) is 18.3 Å². The number of rotatable bonds is 5. The van der Waals surface area contributed by atoms with Crippen molar-refractivity contribution in [3.05, 3.63) is 29.3 Å². The van der Waals surface area contributed by atoms with Gasteiger partial charge in [-0.1, -0.05) is 17.7 Å². The van der Waals surface area contributed by atoms with Gasteiger partial charge < -0.3 is 10.2 Å². The number of nitrogens with zero attached hydrogens (tertiary/aromatic N) is 1. The third-order valence-electron chi connectivity index (χ3n) is 3.58. The second-order valence-corrected chi connectivity index (χ2v) is 6.44. The van der Waals surface area contributed by atoms with Crippen LogP contribution in [-0.2, 0) is 9.59 Å². The Morgan fingerprint density at radius 1 is 1.24 bits per heavy atom. The molecule has 2 rings (SSSR count). The molecule has 0 unspecified atom stereocenters. The van der Waals surface area contributed by atoms with Gasteiger partial charge in [0.05, 0.1) is 12.3 Å². The van der Waals surface area contributed by atoms with Crippen LogP contribution in [0.5, 0.6) is 0 Å². The number of amides is 2. The molecule has 1 heterocycles. The van der Waals surface area contributed by atoms with Crippen molar-refractivity contribution in [1.82, 2.24) is 10.2 Å². The molecule has 4 nitrogen and oxygen atoms in total. The van der Waals surface area contributed by atoms with Crippen LogP contribution in [0.4, 0.5) is 0 Å². The van der Waals surface area contributed by atoms with E-state index in [1.165, 1.54) is 22.9 Å². The average molecular weight is 306 g/mol. The third kappa shape index (κ3) is 4.77. The van der Waals surface area contributed by atoms with Gasteiger partial charge in [0.25, 0.3) is 0 Å². The minimum Gasteiger partial charge on any atom is -0.346 e. The van der Waals surface area contributed by atoms with Gasteiger partial charge in [-0.2, -0.15) is 0 Å². The third-order valence-corrected chi connectivity index (χ3v) is 4.76. The number of hydrogen-bond donors (Lipinski definition) is 1. The molecule has 2 amide bonds. The summed E-state index contributed by atoms with van der Waals surface area (Å²) >= 11 is 1.51. The number of aryl methyl sites for hydroxylation is 2. The van der Waals surface area contributed by atoms with Crippen LogP contribution >= 0.6 is 11.8 Å². The van der Waals surface area contributed by atoms with Gasteiger partial charge in [-0.05, 0) is 38.3 Å². The summed E-state index contributed by atoms with van der Waals surface area (Å²) in [5.41, 5.74) is 2.40. The van der Waals surface area contributed by atoms with E-state index < -0.39 is 0 Å². The molecular weight excluding hydrogens is 284 g/mol. The summed E-state index contributed by atoms with van der Waals surface area (Å²) < 4.78 is 0. The molecule has 1 N–H and O–H groups in total. The molecule has 5 heteroatoms. The van der Waals surface area contributed by atoms with Crippen molar-refractivity contribution in [3.63, 3.8) is 0 Å². The van der Waals surface area contributed by atoms with Crippen molar-refractivity contribution in [3.8, 4) is 0 Å². The Morgan fingerprint density at radius 2 is 1.95 bits per heavy atom. The van der Waals surface area contributed by atoms with Crippen LogP contribution in [0.1, 0.15) is 24.0 Å². The molecule has 1 aliphatic heterocycles. The molecule has 21 heavy (non-hydrogen) atoms. The highest BCUT2D eigenvalue weighted by molar-refractivity contribution is 8.00. The van der Waals surface area contributed by atoms with E-state index in [4.69, 9.17) is 0 Å². The zero-order chi connectivity index (χ0) is 15.2. The van der Waals surface area contributed by atoms with Crippen molar-refractivity contribution < 1.29 is 9.59 Å². The minimum absolute atomic E-state index is 0.0253. The Bertz CT molecular complexity index is 525. The summed E-state index contributed by atoms with van der Waals surface area (Å²) in [5.74, 6) is 0.280. The van der Waals surface area contributed by atoms with Gasteiger partial charge in [0.2, 0.25) is 11.8 Å². The van der Waals surface area contributed by atoms with E-state index in [-0.39, 0.29) is 18.4 Å². The van der Waals surface area contributed by atoms with Crippen LogP contribution < -0.4 is 5.32 Å². The van der Waals surface area contributed by atoms with Crippen LogP contribution in [0, 0.1) is 13.8 Å². The SMILES string of the molecule is Cc1ccc(SCC(=O)NCC(=O)N2CCCC2)c(C)c1. The predicted octanol–water partition coefficient (Wildman–Crippen LogP) is 2.13. The molecule has 1 aromatic rings. The standard InChI is InChI=1S/C16H22N2O2S/c1-12-5-6-14(13(2)9-12)21-11-15(19)17-10-16(20)18-7-3-4-8-18/h5-6,9H,3-4,7-8,10-11H2,1-2H3,(H,17,19). The summed E-state index contributed by atoms with van der Waals surface area (Å²) in [6, 6.07) is 6.19. The molecule has 0 saturated carbocycles. The van der Waals surface area contributed by atoms with Crippen molar-refractivity contribution in [2.24, 2.45) is 0 Å². The number of thioether (sulfide) groups is 1. The van der Waals surface area contributed by atoms with Crippen LogP contribution in [0.25, 0.3) is 0 Å². The molecule has 0 atom stereocenters. The molecule has 114 valence electrons. The fourth-order valence-electron chi connectivity index (χ4n) is 2.41. The molecule has 0 bridgehead atoms. The lowest BCUT2D eigenvalue weighted by Crippen LogP contribution is -2.39. The number of likely N-dealkylation sites (tertiary alicyclic amines) is 1. The maximum absolute atomic E-state index is 11.8. The first-order valence-corrected chi connectivity index (χ1v) is 8.29. The second kappa shape index (κ2) is 7.50. The fraction of sp³-hybridized carbons (Fsp3) is 0.500. The maximum atomic E-state index is 11.8. The normalized spacial score (nSPS) is 14.3. The molecule has 0 aromatic heterocycles. The van der Waals surface area contributed by atoms with Crippen molar-refractivity contribution in [2.45, 2.75) is 31.6 Å². The molecule has 1 aromatic carbocycles. The van der Waals surface area contributed by atoms with Crippen molar-refractivity contribution in [2.75, 3.05) is 25.4 Å². The van der Waals surface area contributed by atoms with E-state index >= 15 is 0 Å². The highest BCUT2D eigenvalue weighted by atomic mass is 32.2. The van der Waals surface area contributed by atoms with Crippen LogP contribution in [-0.4, -0.2) is 42.1 Å². The zero-order valence-electron chi connectivity index (χ0n) is 12.6. The number of carbonyl (C=O) groups excluding carboxylic acids is 2. The lowest BCUT2D eigenvalue weighted by Gasteiger charge is -2.15. The molecule has 0 radical (unpaired) electrons. The molecule has 1 fully saturated rings. The lowest BCUT2D eigenvalue weighted by molar-refractivity contribution is -0.131. The molecule has 1 saturated heterocycles. The first kappa shape index (κ1) is 15.9. The number of nitrogens with one attached hydrogen (secondary N) is 1. The minimum atomic E-state index is -0.0903. The van der Waals surface area contributed by atoms with Gasteiger partial charge in [0, 0.05) is 18.0 Å². The van der Waals surface area contributed by atoms with E-state index in [0.29, 0.717) is 5.75 Å². The Balaban J connectivity index is 1.73. The average Bonchev–Trinajstić information content (AvgIpc) is 2.98. The summed E-state index contributed by atoms with van der Waals surface area (Å²) in [6.45, 7) is 5.87. The van der Waals surface area contributed by atoms with Crippen molar-refractivity contribution in [1.29, 1.82) is 0 Å². The van der Waals surface area contributed by atoms with Gasteiger partial charge in [-0.3, -0.25) is 9.59 Å². The molecule has 1 aliphatic rings. The van der Waals surface area contributed by atoms with E-state index in [1.807, 2.05) is 24.0 Å². The number of hydrogen-bond acceptors (Lipinski definition) is 3. The van der Waals surface area contributed by atoms with Crippen LogP contribution in [0.15, 0.2) is 23.1 Å². The highest BCUT2D eigenvalue weighted by Gasteiger charge is 2.18. The maximum Gasteiger partial charge on any atom is 0.241 e. The summed E-state index contributed by atoms with van der Waals surface area (Å²) in [4.78, 5) is 26.6. The quantitative estimate of drug-likeness (QED) is 0.848. The summed E-state index contributed by atoms with van der Waals surface area (Å²) in [5, 5.41) is 2.71. The second-order valence-electron chi connectivity index (χ2n) is 5.42. The Kier molecular flexibility index (Phi) is 5.67. The molecule has 0 spiro atoms. The van der Waals surface area contributed by atoms with E-state index in [9.17, 15) is 9.59 Å². The Morgan fingerprint density at radius 3 is 2.62 bits per heavy atom. The van der Waals surface area contributed by atoms with Crippen LogP contribution in [0.3, 0.4) is 0 Å². The highest BCUT2D eigenvalue weighted by Crippen LogP contribution is 2.22. The zero-order valence-corrected chi connectivity index (χ0v) is 13.5. The van der Waals surface area contributed by atoms with Gasteiger partial charge in [0.1, 0.15) is 0 Å². The van der Waals surface area contributed by atoms with Crippen LogP contribution in [0.2, 0.25) is 0 Å². The lowest BCUT2D eigenvalue weighted by atomic mass is 10.2. The smallest absolute Gasteiger partial charge is 0.241 e. The fourth-order valence-corrected chi connectivity index (χ4v) is 3.25. The number of carbonyl (C=O) groups is 2.